The summed E-state index contributed by atoms with van der Waals surface area (Å²) in [7, 11) is 0. The van der Waals surface area contributed by atoms with E-state index >= 15 is 0 Å². The number of likely N-dealkylation sites (N-methyl/N-ethyl adjacent to an activating group) is 1. The Bertz CT molecular complexity index is 267. The molecular formula is C14H26N2O. The fraction of sp³-hybridized carbons (Fsp3) is 0.929. The van der Waals surface area contributed by atoms with Crippen molar-refractivity contribution in [1.82, 2.24) is 10.2 Å². The molecular weight excluding hydrogens is 212 g/mol. The third-order valence-corrected chi connectivity index (χ3v) is 4.49. The van der Waals surface area contributed by atoms with Crippen molar-refractivity contribution in [1.29, 1.82) is 0 Å². The fourth-order valence-electron chi connectivity index (χ4n) is 3.43. The minimum Gasteiger partial charge on any atom is -0.342 e. The number of fused-ring (bicyclic) bond motifs is 1. The van der Waals surface area contributed by atoms with Gasteiger partial charge < -0.3 is 10.2 Å². The van der Waals surface area contributed by atoms with Crippen LogP contribution in [0.5, 0.6) is 0 Å². The van der Waals surface area contributed by atoms with Crippen LogP contribution in [0.1, 0.15) is 46.0 Å². The maximum Gasteiger partial charge on any atom is 0.239 e. The molecule has 1 aliphatic heterocycles. The van der Waals surface area contributed by atoms with Crippen LogP contribution in [-0.2, 0) is 4.79 Å². The minimum absolute atomic E-state index is 0.124. The molecule has 0 spiro atoms. The van der Waals surface area contributed by atoms with Crippen molar-refractivity contribution in [2.24, 2.45) is 11.8 Å². The minimum atomic E-state index is 0.124. The van der Waals surface area contributed by atoms with Crippen LogP contribution in [-0.4, -0.2) is 36.5 Å². The van der Waals surface area contributed by atoms with Crippen LogP contribution >= 0.6 is 0 Å². The van der Waals surface area contributed by atoms with Crippen molar-refractivity contribution in [3.63, 3.8) is 0 Å². The van der Waals surface area contributed by atoms with Crippen molar-refractivity contribution < 1.29 is 4.79 Å². The Morgan fingerprint density at radius 1 is 1.35 bits per heavy atom. The maximum atomic E-state index is 12.5. The molecule has 1 saturated heterocycles. The summed E-state index contributed by atoms with van der Waals surface area (Å²) in [5.41, 5.74) is 0. The van der Waals surface area contributed by atoms with Crippen LogP contribution in [0.2, 0.25) is 0 Å². The Hall–Kier alpha value is -0.570. The number of nitrogens with one attached hydrogen (secondary N) is 1. The molecule has 1 N–H and O–H groups in total. The summed E-state index contributed by atoms with van der Waals surface area (Å²) in [5, 5.41) is 3.46. The quantitative estimate of drug-likeness (QED) is 0.795. The van der Waals surface area contributed by atoms with Gasteiger partial charge in [-0.05, 0) is 44.6 Å². The summed E-state index contributed by atoms with van der Waals surface area (Å²) in [6.07, 6.45) is 6.18. The summed E-state index contributed by atoms with van der Waals surface area (Å²) < 4.78 is 0. The first-order valence-corrected chi connectivity index (χ1v) is 7.30. The smallest absolute Gasteiger partial charge is 0.239 e. The average molecular weight is 238 g/mol. The van der Waals surface area contributed by atoms with Crippen LogP contribution in [0.3, 0.4) is 0 Å². The Morgan fingerprint density at radius 2 is 2.18 bits per heavy atom. The van der Waals surface area contributed by atoms with E-state index in [2.05, 4.69) is 19.2 Å². The molecule has 0 aromatic heterocycles. The molecule has 2 rings (SSSR count). The van der Waals surface area contributed by atoms with Crippen LogP contribution in [0.15, 0.2) is 0 Å². The number of carbonyl (C=O) groups is 1. The monoisotopic (exact) mass is 238 g/mol. The van der Waals surface area contributed by atoms with Gasteiger partial charge in [-0.15, -0.1) is 0 Å². The van der Waals surface area contributed by atoms with Gasteiger partial charge in [0.25, 0.3) is 0 Å². The largest absolute Gasteiger partial charge is 0.342 e. The summed E-state index contributed by atoms with van der Waals surface area (Å²) in [6.45, 7) is 7.12. The second-order valence-electron chi connectivity index (χ2n) is 5.51. The van der Waals surface area contributed by atoms with Crippen molar-refractivity contribution in [2.75, 3.05) is 19.6 Å². The summed E-state index contributed by atoms with van der Waals surface area (Å²) in [5.74, 6) is 1.75. The highest BCUT2D eigenvalue weighted by Gasteiger charge is 2.43. The Labute approximate surface area is 105 Å². The number of hydrogen-bond donors (Lipinski definition) is 1. The van der Waals surface area contributed by atoms with Crippen LogP contribution in [0.4, 0.5) is 0 Å². The molecule has 0 aromatic carbocycles. The molecule has 3 atom stereocenters. The predicted molar refractivity (Wildman–Crippen MR) is 69.8 cm³/mol. The zero-order valence-electron chi connectivity index (χ0n) is 11.2. The highest BCUT2D eigenvalue weighted by atomic mass is 16.2. The third-order valence-electron chi connectivity index (χ3n) is 4.49. The van der Waals surface area contributed by atoms with Gasteiger partial charge in [0.2, 0.25) is 5.91 Å². The van der Waals surface area contributed by atoms with E-state index in [0.29, 0.717) is 11.8 Å². The van der Waals surface area contributed by atoms with Gasteiger partial charge in [-0.25, -0.2) is 0 Å². The maximum absolute atomic E-state index is 12.5. The topological polar surface area (TPSA) is 32.3 Å². The Balaban J connectivity index is 1.93. The zero-order chi connectivity index (χ0) is 12.3. The number of unbranched alkanes of at least 4 members (excludes halogenated alkanes) is 1. The highest BCUT2D eigenvalue weighted by molar-refractivity contribution is 5.82. The van der Waals surface area contributed by atoms with Crippen LogP contribution < -0.4 is 5.32 Å². The fourth-order valence-corrected chi connectivity index (χ4v) is 3.43. The number of hydrogen-bond acceptors (Lipinski definition) is 2. The SMILES string of the molecule is CCCCN(CC)C(=O)C1NCC2CCCC21. The standard InChI is InChI=1S/C14H26N2O/c1-3-5-9-16(4-2)14(17)13-12-8-6-7-11(12)10-15-13/h11-13,15H,3-10H2,1-2H3. The van der Waals surface area contributed by atoms with Gasteiger partial charge in [0.15, 0.2) is 0 Å². The lowest BCUT2D eigenvalue weighted by atomic mass is 9.93. The summed E-state index contributed by atoms with van der Waals surface area (Å²) in [6, 6.07) is 0.124. The zero-order valence-corrected chi connectivity index (χ0v) is 11.2. The molecule has 98 valence electrons. The Morgan fingerprint density at radius 3 is 2.88 bits per heavy atom. The number of carbonyl (C=O) groups excluding carboxylic acids is 1. The van der Waals surface area contributed by atoms with Crippen molar-refractivity contribution >= 4 is 5.91 Å². The molecule has 3 nitrogen and oxygen atoms in total. The van der Waals surface area contributed by atoms with Gasteiger partial charge in [0.05, 0.1) is 6.04 Å². The van der Waals surface area contributed by atoms with Gasteiger partial charge in [-0.1, -0.05) is 19.8 Å². The molecule has 2 aliphatic rings. The van der Waals surface area contributed by atoms with Gasteiger partial charge >= 0.3 is 0 Å². The lowest BCUT2D eigenvalue weighted by Gasteiger charge is -2.27. The van der Waals surface area contributed by atoms with Crippen LogP contribution in [0, 0.1) is 11.8 Å². The number of amides is 1. The van der Waals surface area contributed by atoms with Gasteiger partial charge in [0.1, 0.15) is 0 Å². The first kappa shape index (κ1) is 12.9. The first-order chi connectivity index (χ1) is 8.27. The lowest BCUT2D eigenvalue weighted by Crippen LogP contribution is -2.46. The molecule has 3 unspecified atom stereocenters. The van der Waals surface area contributed by atoms with Crippen molar-refractivity contribution in [3.8, 4) is 0 Å². The predicted octanol–water partition coefficient (Wildman–Crippen LogP) is 2.02. The van der Waals surface area contributed by atoms with E-state index in [1.807, 2.05) is 4.90 Å². The second kappa shape index (κ2) is 5.85. The first-order valence-electron chi connectivity index (χ1n) is 7.30. The van der Waals surface area contributed by atoms with E-state index in [9.17, 15) is 4.79 Å². The molecule has 0 aromatic rings. The normalized spacial score (nSPS) is 31.5. The Kier molecular flexibility index (Phi) is 4.43. The van der Waals surface area contributed by atoms with E-state index in [4.69, 9.17) is 0 Å². The molecule has 3 heteroatoms. The highest BCUT2D eigenvalue weighted by Crippen LogP contribution is 2.38. The number of rotatable bonds is 5. The van der Waals surface area contributed by atoms with E-state index in [1.54, 1.807) is 0 Å². The summed E-state index contributed by atoms with van der Waals surface area (Å²) >= 11 is 0. The molecule has 1 aliphatic carbocycles. The number of nitrogens with zero attached hydrogens (tertiary/aromatic N) is 1. The van der Waals surface area contributed by atoms with Gasteiger partial charge in [0, 0.05) is 13.1 Å². The molecule has 0 bridgehead atoms. The second-order valence-corrected chi connectivity index (χ2v) is 5.51. The van der Waals surface area contributed by atoms with Crippen LogP contribution in [0.25, 0.3) is 0 Å². The van der Waals surface area contributed by atoms with Crippen molar-refractivity contribution in [3.05, 3.63) is 0 Å². The molecule has 1 amide bonds. The molecule has 2 fully saturated rings. The molecule has 1 heterocycles. The van der Waals surface area contributed by atoms with E-state index in [-0.39, 0.29) is 6.04 Å². The van der Waals surface area contributed by atoms with Gasteiger partial charge in [-0.2, -0.15) is 0 Å². The van der Waals surface area contributed by atoms with Gasteiger partial charge in [-0.3, -0.25) is 4.79 Å². The lowest BCUT2D eigenvalue weighted by molar-refractivity contribution is -0.134. The van der Waals surface area contributed by atoms with E-state index < -0.39 is 0 Å². The summed E-state index contributed by atoms with van der Waals surface area (Å²) in [4.78, 5) is 14.5. The van der Waals surface area contributed by atoms with Crippen molar-refractivity contribution in [2.45, 2.75) is 52.0 Å². The average Bonchev–Trinajstić information content (AvgIpc) is 2.91. The molecule has 17 heavy (non-hydrogen) atoms. The molecule has 0 radical (unpaired) electrons. The van der Waals surface area contributed by atoms with E-state index in [1.165, 1.54) is 19.3 Å². The van der Waals surface area contributed by atoms with E-state index in [0.717, 1.165) is 38.4 Å². The molecule has 1 saturated carbocycles. The third kappa shape index (κ3) is 2.65.